The highest BCUT2D eigenvalue weighted by Crippen LogP contribution is 2.21. The number of aromatic nitrogens is 1. The standard InChI is InChI=1S/C13H19N3S/c1-10-5-4-7-14-11(10)9-15-12-16-13(2,3)6-8-17-12/h4-5,7H,6,8-9H2,1-3H3,(H,15,16). The lowest BCUT2D eigenvalue weighted by molar-refractivity contribution is 0.446. The average Bonchev–Trinajstić information content (AvgIpc) is 2.27. The highest BCUT2D eigenvalue weighted by molar-refractivity contribution is 8.13. The predicted octanol–water partition coefficient (Wildman–Crippen LogP) is 2.75. The maximum absolute atomic E-state index is 4.62. The molecule has 1 fully saturated rings. The Morgan fingerprint density at radius 1 is 1.53 bits per heavy atom. The van der Waals surface area contributed by atoms with E-state index < -0.39 is 0 Å². The number of hydrogen-bond acceptors (Lipinski definition) is 3. The summed E-state index contributed by atoms with van der Waals surface area (Å²) < 4.78 is 0. The van der Waals surface area contributed by atoms with Gasteiger partial charge in [0.15, 0.2) is 5.17 Å². The van der Waals surface area contributed by atoms with Crippen molar-refractivity contribution in [2.75, 3.05) is 5.75 Å². The van der Waals surface area contributed by atoms with Crippen molar-refractivity contribution in [2.24, 2.45) is 4.99 Å². The molecule has 0 aromatic carbocycles. The van der Waals surface area contributed by atoms with Crippen LogP contribution < -0.4 is 5.32 Å². The van der Waals surface area contributed by atoms with E-state index in [0.717, 1.165) is 16.6 Å². The molecule has 3 nitrogen and oxygen atoms in total. The van der Waals surface area contributed by atoms with Crippen LogP contribution in [0, 0.1) is 6.92 Å². The normalized spacial score (nSPS) is 21.2. The van der Waals surface area contributed by atoms with Gasteiger partial charge in [-0.05, 0) is 38.8 Å². The molecule has 0 spiro atoms. The molecular formula is C13H19N3S. The summed E-state index contributed by atoms with van der Waals surface area (Å²) in [6.45, 7) is 7.18. The molecular weight excluding hydrogens is 230 g/mol. The van der Waals surface area contributed by atoms with Crippen molar-refractivity contribution in [3.05, 3.63) is 29.6 Å². The minimum atomic E-state index is 0.170. The number of amidine groups is 1. The number of nitrogens with one attached hydrogen (secondary N) is 1. The predicted molar refractivity (Wildman–Crippen MR) is 74.4 cm³/mol. The lowest BCUT2D eigenvalue weighted by Crippen LogP contribution is -2.46. The molecule has 0 atom stereocenters. The molecule has 1 aromatic heterocycles. The third kappa shape index (κ3) is 3.46. The Morgan fingerprint density at radius 3 is 3.06 bits per heavy atom. The van der Waals surface area contributed by atoms with Crippen molar-refractivity contribution in [2.45, 2.75) is 39.3 Å². The smallest absolute Gasteiger partial charge is 0.157 e. The second-order valence-electron chi connectivity index (χ2n) is 5.00. The van der Waals surface area contributed by atoms with Crippen LogP contribution in [-0.2, 0) is 6.54 Å². The zero-order valence-electron chi connectivity index (χ0n) is 10.7. The van der Waals surface area contributed by atoms with Crippen molar-refractivity contribution in [1.29, 1.82) is 0 Å². The zero-order chi connectivity index (χ0) is 12.3. The molecule has 0 saturated carbocycles. The molecule has 1 aromatic rings. The molecule has 2 rings (SSSR count). The van der Waals surface area contributed by atoms with E-state index in [1.54, 1.807) is 11.8 Å². The van der Waals surface area contributed by atoms with Gasteiger partial charge in [-0.2, -0.15) is 0 Å². The lowest BCUT2D eigenvalue weighted by Gasteiger charge is -2.32. The topological polar surface area (TPSA) is 37.3 Å². The first-order valence-electron chi connectivity index (χ1n) is 5.93. The Balaban J connectivity index is 2.04. The minimum Gasteiger partial charge on any atom is -0.360 e. The van der Waals surface area contributed by atoms with Gasteiger partial charge in [0.1, 0.15) is 0 Å². The van der Waals surface area contributed by atoms with Crippen LogP contribution in [0.2, 0.25) is 0 Å². The molecule has 0 radical (unpaired) electrons. The SMILES string of the molecule is Cc1cccnc1CN=C1NC(C)(C)CCS1. The van der Waals surface area contributed by atoms with E-state index >= 15 is 0 Å². The van der Waals surface area contributed by atoms with Crippen LogP contribution in [0.1, 0.15) is 31.5 Å². The minimum absolute atomic E-state index is 0.170. The first-order valence-corrected chi connectivity index (χ1v) is 6.91. The number of nitrogens with zero attached hydrogens (tertiary/aromatic N) is 2. The number of hydrogen-bond donors (Lipinski definition) is 1. The molecule has 17 heavy (non-hydrogen) atoms. The highest BCUT2D eigenvalue weighted by Gasteiger charge is 2.23. The first-order chi connectivity index (χ1) is 8.07. The molecule has 0 aliphatic carbocycles. The summed E-state index contributed by atoms with van der Waals surface area (Å²) >= 11 is 1.80. The van der Waals surface area contributed by atoms with Crippen molar-refractivity contribution in [3.63, 3.8) is 0 Å². The van der Waals surface area contributed by atoms with Crippen LogP contribution in [0.15, 0.2) is 23.3 Å². The van der Waals surface area contributed by atoms with E-state index in [1.165, 1.54) is 12.0 Å². The van der Waals surface area contributed by atoms with E-state index in [1.807, 2.05) is 12.3 Å². The van der Waals surface area contributed by atoms with Gasteiger partial charge >= 0.3 is 0 Å². The van der Waals surface area contributed by atoms with Crippen LogP contribution in [0.5, 0.6) is 0 Å². The third-order valence-electron chi connectivity index (χ3n) is 2.90. The highest BCUT2D eigenvalue weighted by atomic mass is 32.2. The van der Waals surface area contributed by atoms with Gasteiger partial charge in [0.2, 0.25) is 0 Å². The first kappa shape index (κ1) is 12.4. The Labute approximate surface area is 107 Å². The van der Waals surface area contributed by atoms with Crippen molar-refractivity contribution in [1.82, 2.24) is 10.3 Å². The van der Waals surface area contributed by atoms with Gasteiger partial charge in [0, 0.05) is 17.5 Å². The molecule has 92 valence electrons. The van der Waals surface area contributed by atoms with E-state index in [-0.39, 0.29) is 5.54 Å². The van der Waals surface area contributed by atoms with E-state index in [4.69, 9.17) is 0 Å². The molecule has 1 saturated heterocycles. The van der Waals surface area contributed by atoms with E-state index in [9.17, 15) is 0 Å². The average molecular weight is 249 g/mol. The Morgan fingerprint density at radius 2 is 2.35 bits per heavy atom. The summed E-state index contributed by atoms with van der Waals surface area (Å²) in [4.78, 5) is 8.97. The molecule has 1 N–H and O–H groups in total. The van der Waals surface area contributed by atoms with Crippen LogP contribution in [-0.4, -0.2) is 21.4 Å². The van der Waals surface area contributed by atoms with Gasteiger partial charge in [-0.1, -0.05) is 17.8 Å². The summed E-state index contributed by atoms with van der Waals surface area (Å²) in [5.74, 6) is 1.14. The number of aliphatic imine (C=N–C) groups is 1. The molecule has 0 bridgehead atoms. The van der Waals surface area contributed by atoms with E-state index in [2.05, 4.69) is 42.1 Å². The van der Waals surface area contributed by atoms with Gasteiger partial charge in [0.25, 0.3) is 0 Å². The maximum atomic E-state index is 4.62. The summed E-state index contributed by atoms with van der Waals surface area (Å²) in [6.07, 6.45) is 3.01. The molecule has 2 heterocycles. The third-order valence-corrected chi connectivity index (χ3v) is 3.81. The van der Waals surface area contributed by atoms with Crippen LogP contribution in [0.25, 0.3) is 0 Å². The molecule has 1 aliphatic rings. The molecule has 0 unspecified atom stereocenters. The molecule has 0 amide bonds. The van der Waals surface area contributed by atoms with Crippen molar-refractivity contribution in [3.8, 4) is 0 Å². The summed E-state index contributed by atoms with van der Waals surface area (Å²) in [5, 5.41) is 4.52. The van der Waals surface area contributed by atoms with Crippen LogP contribution >= 0.6 is 11.8 Å². The van der Waals surface area contributed by atoms with Crippen molar-refractivity contribution >= 4 is 16.9 Å². The quantitative estimate of drug-likeness (QED) is 0.875. The summed E-state index contributed by atoms with van der Waals surface area (Å²) in [7, 11) is 0. The van der Waals surface area contributed by atoms with Gasteiger partial charge in [-0.25, -0.2) is 0 Å². The number of pyridine rings is 1. The fraction of sp³-hybridized carbons (Fsp3) is 0.538. The van der Waals surface area contributed by atoms with Gasteiger partial charge in [-0.15, -0.1) is 0 Å². The second kappa shape index (κ2) is 5.08. The number of aryl methyl sites for hydroxylation is 1. The fourth-order valence-corrected chi connectivity index (χ4v) is 3.02. The number of rotatable bonds is 2. The molecule has 4 heteroatoms. The molecule has 1 aliphatic heterocycles. The van der Waals surface area contributed by atoms with Crippen molar-refractivity contribution < 1.29 is 0 Å². The van der Waals surface area contributed by atoms with Gasteiger partial charge in [-0.3, -0.25) is 9.98 Å². The largest absolute Gasteiger partial charge is 0.360 e. The lowest BCUT2D eigenvalue weighted by atomic mass is 10.0. The summed E-state index contributed by atoms with van der Waals surface area (Å²) in [5.41, 5.74) is 2.44. The number of thioether (sulfide) groups is 1. The fourth-order valence-electron chi connectivity index (χ4n) is 1.71. The van der Waals surface area contributed by atoms with E-state index in [0.29, 0.717) is 6.54 Å². The van der Waals surface area contributed by atoms with Crippen LogP contribution in [0.3, 0.4) is 0 Å². The monoisotopic (exact) mass is 249 g/mol. The summed E-state index contributed by atoms with van der Waals surface area (Å²) in [6, 6.07) is 4.04. The Hall–Kier alpha value is -1.03. The second-order valence-corrected chi connectivity index (χ2v) is 6.08. The Bertz CT molecular complexity index is 426. The van der Waals surface area contributed by atoms with Crippen LogP contribution in [0.4, 0.5) is 0 Å². The Kier molecular flexibility index (Phi) is 3.72. The van der Waals surface area contributed by atoms with Gasteiger partial charge in [0.05, 0.1) is 12.2 Å². The zero-order valence-corrected chi connectivity index (χ0v) is 11.5. The maximum Gasteiger partial charge on any atom is 0.157 e. The van der Waals surface area contributed by atoms with Gasteiger partial charge < -0.3 is 5.32 Å².